The van der Waals surface area contributed by atoms with Crippen LogP contribution in [0.4, 0.5) is 0 Å². The fraction of sp³-hybridized carbons (Fsp3) is 0. The molecule has 0 heterocycles. The largest absolute Gasteiger partial charge is 0 e. The van der Waals surface area contributed by atoms with E-state index in [2.05, 4.69) is 0 Å². The van der Waals surface area contributed by atoms with Crippen LogP contribution in [0.2, 0.25) is 0 Å². The van der Waals surface area contributed by atoms with Gasteiger partial charge in [0.2, 0.25) is 0 Å². The molecule has 0 N–H and O–H groups in total. The fourth-order valence-electron chi connectivity index (χ4n) is 0. The molecule has 0 aromatic rings. The predicted molar refractivity (Wildman–Crippen MR) is 0 cm³/mol. The maximum absolute atomic E-state index is 0. The molecular weight excluding hydrogens is 273 g/mol. The van der Waals surface area contributed by atoms with Crippen molar-refractivity contribution in [1.29, 1.82) is 0 Å². The molecule has 0 aromatic carbocycles. The molecule has 0 spiro atoms. The summed E-state index contributed by atoms with van der Waals surface area (Å²) in [4.78, 5) is 0. The van der Waals surface area contributed by atoms with Gasteiger partial charge in [-0.1, -0.05) is 0 Å². The Balaban J connectivity index is 0. The molecule has 26 valence electrons. The van der Waals surface area contributed by atoms with Gasteiger partial charge in [-0.25, -0.2) is 0 Å². The molecule has 0 rings (SSSR count). The maximum Gasteiger partial charge on any atom is 0 e. The van der Waals surface area contributed by atoms with Gasteiger partial charge in [0.1, 0.15) is 0 Å². The molecule has 0 saturated carbocycles. The van der Waals surface area contributed by atoms with Crippen molar-refractivity contribution in [3.63, 3.8) is 0 Å². The summed E-state index contributed by atoms with van der Waals surface area (Å²) in [6.07, 6.45) is 0. The molecule has 0 aliphatic rings. The quantitative estimate of drug-likeness (QED) is 0.544. The van der Waals surface area contributed by atoms with Crippen molar-refractivity contribution in [2.24, 2.45) is 0 Å². The first-order valence-electron chi connectivity index (χ1n) is 0. The smallest absolute Gasteiger partial charge is 0 e. The van der Waals surface area contributed by atoms with Crippen LogP contribution in [0, 0.1) is 0 Å². The van der Waals surface area contributed by atoms with Crippen molar-refractivity contribution in [3.05, 3.63) is 0 Å². The topological polar surface area (TPSA) is 0 Å². The zero-order chi connectivity index (χ0) is 0. The van der Waals surface area contributed by atoms with Gasteiger partial charge in [0.05, 0.1) is 0 Å². The van der Waals surface area contributed by atoms with E-state index in [-0.39, 0.29) is 93.0 Å². The molecule has 0 aromatic heterocycles. The van der Waals surface area contributed by atoms with Crippen molar-refractivity contribution < 1.29 is 93.0 Å². The predicted octanol–water partition coefficient (Wildman–Crippen LogP) is -0.0125. The van der Waals surface area contributed by atoms with E-state index in [1.165, 1.54) is 0 Å². The molecule has 0 fully saturated rings. The van der Waals surface area contributed by atoms with E-state index in [1.807, 2.05) is 0 Å². The Labute approximate surface area is 91.6 Å². The minimum Gasteiger partial charge on any atom is 0 e. The second kappa shape index (κ2) is 28.4. The number of rotatable bonds is 0. The Morgan fingerprint density at radius 2 is 0.800 bits per heavy atom. The zero-order valence-electron chi connectivity index (χ0n) is 2.38. The molecule has 0 bridgehead atoms. The third kappa shape index (κ3) is 19.6. The van der Waals surface area contributed by atoms with Gasteiger partial charge in [-0.2, -0.15) is 0 Å². The van der Waals surface area contributed by atoms with Crippen molar-refractivity contribution in [1.82, 2.24) is 0 Å². The standard InChI is InChI=1S/2Cr.Fe.Ti.Zn. The minimum atomic E-state index is 0. The molecule has 5 heteroatoms. The molecule has 0 radical (unpaired) electrons. The van der Waals surface area contributed by atoms with Gasteiger partial charge in [0.25, 0.3) is 0 Å². The average molecular weight is 273 g/mol. The van der Waals surface area contributed by atoms with Crippen LogP contribution in [0.3, 0.4) is 0 Å². The van der Waals surface area contributed by atoms with Gasteiger partial charge in [0, 0.05) is 93.0 Å². The van der Waals surface area contributed by atoms with E-state index in [1.54, 1.807) is 0 Å². The molecule has 5 heavy (non-hydrogen) atoms. The molecule has 0 nitrogen and oxygen atoms in total. The van der Waals surface area contributed by atoms with Crippen LogP contribution in [0.15, 0.2) is 0 Å². The first kappa shape index (κ1) is 44.5. The van der Waals surface area contributed by atoms with E-state index in [0.717, 1.165) is 0 Å². The first-order chi connectivity index (χ1) is 0. The monoisotopic (exact) mass is 272 g/mol. The molecule has 0 aliphatic heterocycles. The van der Waals surface area contributed by atoms with Crippen LogP contribution in [-0.4, -0.2) is 0 Å². The summed E-state index contributed by atoms with van der Waals surface area (Å²) in [6, 6.07) is 0. The van der Waals surface area contributed by atoms with E-state index in [9.17, 15) is 0 Å². The Kier molecular flexibility index (Phi) is 253. The average Bonchev–Trinajstić information content (AvgIpc) is 0. The van der Waals surface area contributed by atoms with Crippen molar-refractivity contribution in [3.8, 4) is 0 Å². The van der Waals surface area contributed by atoms with Crippen LogP contribution < -0.4 is 0 Å². The molecule has 0 unspecified atom stereocenters. The maximum atomic E-state index is 0. The second-order valence-electron chi connectivity index (χ2n) is 0. The Hall–Kier alpha value is 2.92. The van der Waals surface area contributed by atoms with Crippen molar-refractivity contribution in [2.75, 3.05) is 0 Å². The molecule has 0 aliphatic carbocycles. The molecule has 0 amide bonds. The van der Waals surface area contributed by atoms with E-state index in [4.69, 9.17) is 0 Å². The van der Waals surface area contributed by atoms with Gasteiger partial charge < -0.3 is 0 Å². The summed E-state index contributed by atoms with van der Waals surface area (Å²) in [7, 11) is 0. The van der Waals surface area contributed by atoms with E-state index < -0.39 is 0 Å². The van der Waals surface area contributed by atoms with E-state index >= 15 is 0 Å². The summed E-state index contributed by atoms with van der Waals surface area (Å²) in [5.41, 5.74) is 0. The van der Waals surface area contributed by atoms with Crippen LogP contribution >= 0.6 is 0 Å². The van der Waals surface area contributed by atoms with Crippen LogP contribution in [0.5, 0.6) is 0 Å². The molecule has 0 saturated heterocycles. The van der Waals surface area contributed by atoms with Crippen molar-refractivity contribution in [2.45, 2.75) is 0 Å². The fourth-order valence-corrected chi connectivity index (χ4v) is 0. The van der Waals surface area contributed by atoms with Gasteiger partial charge in [-0.05, 0) is 0 Å². The Morgan fingerprint density at radius 3 is 0.800 bits per heavy atom. The SMILES string of the molecule is [Cr].[Cr].[Fe].[Ti].[Zn]. The third-order valence-corrected chi connectivity index (χ3v) is 0. The van der Waals surface area contributed by atoms with Gasteiger partial charge in [-0.15, -0.1) is 0 Å². The van der Waals surface area contributed by atoms with Gasteiger partial charge in [0.15, 0.2) is 0 Å². The third-order valence-electron chi connectivity index (χ3n) is 0. The van der Waals surface area contributed by atoms with Crippen LogP contribution in [0.25, 0.3) is 0 Å². The normalized spacial score (nSPS) is 0. The Bertz CT molecular complexity index is 9.61. The van der Waals surface area contributed by atoms with Crippen LogP contribution in [0.1, 0.15) is 0 Å². The summed E-state index contributed by atoms with van der Waals surface area (Å²) in [6.45, 7) is 0. The molecular formula is Cr2FeTiZn. The summed E-state index contributed by atoms with van der Waals surface area (Å²) < 4.78 is 0. The Morgan fingerprint density at radius 1 is 0.800 bits per heavy atom. The summed E-state index contributed by atoms with van der Waals surface area (Å²) in [5, 5.41) is 0. The van der Waals surface area contributed by atoms with E-state index in [0.29, 0.717) is 0 Å². The van der Waals surface area contributed by atoms with Crippen molar-refractivity contribution >= 4 is 0 Å². The summed E-state index contributed by atoms with van der Waals surface area (Å²) in [5.74, 6) is 0. The number of hydrogen-bond donors (Lipinski definition) is 0. The summed E-state index contributed by atoms with van der Waals surface area (Å²) >= 11 is 0. The minimum absolute atomic E-state index is 0. The number of hydrogen-bond acceptors (Lipinski definition) is 0. The van der Waals surface area contributed by atoms with Gasteiger partial charge in [-0.3, -0.25) is 0 Å². The zero-order valence-corrected chi connectivity index (χ0v) is 10.6. The van der Waals surface area contributed by atoms with Gasteiger partial charge >= 0.3 is 0 Å². The van der Waals surface area contributed by atoms with Crippen LogP contribution in [-0.2, 0) is 93.0 Å². The first-order valence-corrected chi connectivity index (χ1v) is 0. The second-order valence-corrected chi connectivity index (χ2v) is 0. The molecule has 0 atom stereocenters.